The Bertz CT molecular complexity index is 967. The van der Waals surface area contributed by atoms with Crippen molar-refractivity contribution in [2.45, 2.75) is 63.9 Å². The Morgan fingerprint density at radius 1 is 1.26 bits per heavy atom. The molecule has 9 heteroatoms. The molecule has 1 aromatic heterocycles. The largest absolute Gasteiger partial charge is 0.437 e. The number of hydrogen-bond donors (Lipinski definition) is 1. The van der Waals surface area contributed by atoms with Crippen LogP contribution in [0.3, 0.4) is 0 Å². The van der Waals surface area contributed by atoms with Crippen LogP contribution in [0.5, 0.6) is 0 Å². The number of carbonyl (C=O) groups is 1. The van der Waals surface area contributed by atoms with Crippen molar-refractivity contribution in [3.05, 3.63) is 34.5 Å². The van der Waals surface area contributed by atoms with E-state index in [0.29, 0.717) is 18.1 Å². The lowest BCUT2D eigenvalue weighted by atomic mass is 9.85. The average molecular weight is 458 g/mol. The third-order valence-corrected chi connectivity index (χ3v) is 7.14. The molecule has 1 N–H and O–H groups in total. The fourth-order valence-corrected chi connectivity index (χ4v) is 5.08. The van der Waals surface area contributed by atoms with Crippen molar-refractivity contribution in [3.8, 4) is 0 Å². The lowest BCUT2D eigenvalue weighted by Crippen LogP contribution is -2.53. The van der Waals surface area contributed by atoms with E-state index in [-0.39, 0.29) is 5.54 Å². The summed E-state index contributed by atoms with van der Waals surface area (Å²) in [5.41, 5.74) is 3.36. The molecule has 2 aliphatic rings. The Hall–Kier alpha value is -1.93. The van der Waals surface area contributed by atoms with Crippen LogP contribution >= 0.6 is 11.6 Å². The van der Waals surface area contributed by atoms with Crippen molar-refractivity contribution < 1.29 is 22.7 Å². The highest BCUT2D eigenvalue weighted by molar-refractivity contribution is 6.31. The molecule has 5 nitrogen and oxygen atoms in total. The van der Waals surface area contributed by atoms with Crippen molar-refractivity contribution in [1.82, 2.24) is 14.8 Å². The van der Waals surface area contributed by atoms with Gasteiger partial charge < -0.3 is 14.6 Å². The van der Waals surface area contributed by atoms with Crippen LogP contribution in [-0.4, -0.2) is 58.3 Å². The van der Waals surface area contributed by atoms with Gasteiger partial charge in [0.05, 0.1) is 0 Å². The summed E-state index contributed by atoms with van der Waals surface area (Å²) < 4.78 is 42.7. The van der Waals surface area contributed by atoms with Gasteiger partial charge in [-0.15, -0.1) is 0 Å². The minimum atomic E-state index is -4.55. The average Bonchev–Trinajstić information content (AvgIpc) is 3.23. The zero-order valence-electron chi connectivity index (χ0n) is 17.7. The molecule has 0 aliphatic carbocycles. The van der Waals surface area contributed by atoms with Crippen LogP contribution in [0.4, 0.5) is 18.0 Å². The van der Waals surface area contributed by atoms with Crippen LogP contribution < -0.4 is 0 Å². The number of aromatic amines is 1. The zero-order valence-corrected chi connectivity index (χ0v) is 18.4. The molecular weight excluding hydrogens is 431 g/mol. The SMILES string of the molecule is Cc1c(CN2CCCC23CCN(C(=O)OC(C)C(F)(F)F)CC3)[nH]c2ccc(Cl)cc12. The van der Waals surface area contributed by atoms with Crippen molar-refractivity contribution in [2.75, 3.05) is 19.6 Å². The number of likely N-dealkylation sites (tertiary alicyclic amines) is 2. The minimum absolute atomic E-state index is 0.0339. The van der Waals surface area contributed by atoms with Crippen molar-refractivity contribution in [3.63, 3.8) is 0 Å². The van der Waals surface area contributed by atoms with Crippen molar-refractivity contribution in [1.29, 1.82) is 0 Å². The highest BCUT2D eigenvalue weighted by Gasteiger charge is 2.45. The highest BCUT2D eigenvalue weighted by atomic mass is 35.5. The summed E-state index contributed by atoms with van der Waals surface area (Å²) in [6, 6.07) is 5.83. The van der Waals surface area contributed by atoms with Gasteiger partial charge in [-0.3, -0.25) is 4.90 Å². The smallest absolute Gasteiger partial charge is 0.425 e. The maximum absolute atomic E-state index is 12.7. The van der Waals surface area contributed by atoms with E-state index in [1.807, 2.05) is 18.2 Å². The van der Waals surface area contributed by atoms with Gasteiger partial charge in [0.25, 0.3) is 0 Å². The Labute approximate surface area is 184 Å². The van der Waals surface area contributed by atoms with Gasteiger partial charge in [-0.1, -0.05) is 11.6 Å². The summed E-state index contributed by atoms with van der Waals surface area (Å²) in [5, 5.41) is 1.82. The van der Waals surface area contributed by atoms with E-state index < -0.39 is 18.4 Å². The normalized spacial score (nSPS) is 20.5. The molecule has 1 unspecified atom stereocenters. The number of carbonyl (C=O) groups excluding carboxylic acids is 1. The number of fused-ring (bicyclic) bond motifs is 1. The van der Waals surface area contributed by atoms with Gasteiger partial charge in [0.15, 0.2) is 6.10 Å². The monoisotopic (exact) mass is 457 g/mol. The zero-order chi connectivity index (χ0) is 22.4. The molecule has 3 heterocycles. The lowest BCUT2D eigenvalue weighted by Gasteiger charge is -2.45. The Kier molecular flexibility index (Phi) is 5.89. The number of benzene rings is 1. The number of halogens is 4. The number of ether oxygens (including phenoxy) is 1. The number of nitrogens with zero attached hydrogens (tertiary/aromatic N) is 2. The molecule has 1 aromatic carbocycles. The van der Waals surface area contributed by atoms with Crippen LogP contribution in [0.2, 0.25) is 5.02 Å². The molecule has 2 aromatic rings. The molecule has 1 atom stereocenters. The number of aryl methyl sites for hydroxylation is 1. The number of amides is 1. The topological polar surface area (TPSA) is 48.6 Å². The van der Waals surface area contributed by atoms with Crippen molar-refractivity contribution in [2.24, 2.45) is 0 Å². The number of piperidine rings is 1. The first-order chi connectivity index (χ1) is 14.6. The van der Waals surface area contributed by atoms with Gasteiger partial charge >= 0.3 is 12.3 Å². The van der Waals surface area contributed by atoms with E-state index in [4.69, 9.17) is 11.6 Å². The molecule has 0 bridgehead atoms. The molecule has 1 amide bonds. The second-order valence-corrected chi connectivity index (χ2v) is 9.16. The fourth-order valence-electron chi connectivity index (χ4n) is 4.91. The third-order valence-electron chi connectivity index (χ3n) is 6.90. The molecule has 1 spiro atoms. The molecule has 2 fully saturated rings. The van der Waals surface area contributed by atoms with Crippen LogP contribution in [0.15, 0.2) is 18.2 Å². The van der Waals surface area contributed by atoms with E-state index in [9.17, 15) is 18.0 Å². The van der Waals surface area contributed by atoms with E-state index in [1.165, 1.54) is 10.5 Å². The number of nitrogens with one attached hydrogen (secondary N) is 1. The fraction of sp³-hybridized carbons (Fsp3) is 0.591. The Morgan fingerprint density at radius 3 is 2.65 bits per heavy atom. The standard InChI is InChI=1S/C22H27ClF3N3O2/c1-14-17-12-16(23)4-5-18(17)27-19(14)13-29-9-3-6-21(29)7-10-28(11-8-21)20(30)31-15(2)22(24,25)26/h4-5,12,15,27H,3,6-11,13H2,1-2H3. The second-order valence-electron chi connectivity index (χ2n) is 8.72. The third kappa shape index (κ3) is 4.37. The van der Waals surface area contributed by atoms with Crippen LogP contribution in [0, 0.1) is 6.92 Å². The first-order valence-electron chi connectivity index (χ1n) is 10.6. The summed E-state index contributed by atoms with van der Waals surface area (Å²) in [5.74, 6) is 0. The number of alkyl halides is 3. The molecule has 4 rings (SSSR count). The lowest BCUT2D eigenvalue weighted by molar-refractivity contribution is -0.200. The van der Waals surface area contributed by atoms with Crippen LogP contribution in [0.25, 0.3) is 10.9 Å². The van der Waals surface area contributed by atoms with E-state index >= 15 is 0 Å². The van der Waals surface area contributed by atoms with Gasteiger partial charge in [0, 0.05) is 46.8 Å². The molecule has 2 aliphatic heterocycles. The van der Waals surface area contributed by atoms with Gasteiger partial charge in [-0.25, -0.2) is 4.79 Å². The van der Waals surface area contributed by atoms with E-state index in [2.05, 4.69) is 21.5 Å². The van der Waals surface area contributed by atoms with Gasteiger partial charge in [-0.05, 0) is 69.8 Å². The van der Waals surface area contributed by atoms with E-state index in [1.54, 1.807) is 0 Å². The van der Waals surface area contributed by atoms with Crippen molar-refractivity contribution >= 4 is 28.6 Å². The molecule has 170 valence electrons. The summed E-state index contributed by atoms with van der Waals surface area (Å²) >= 11 is 6.15. The van der Waals surface area contributed by atoms with Crippen LogP contribution in [-0.2, 0) is 11.3 Å². The quantitative estimate of drug-likeness (QED) is 0.648. The molecular formula is C22H27ClF3N3O2. The summed E-state index contributed by atoms with van der Waals surface area (Å²) in [6.45, 7) is 5.49. The molecule has 2 saturated heterocycles. The predicted octanol–water partition coefficient (Wildman–Crippen LogP) is 5.65. The molecule has 0 saturated carbocycles. The first kappa shape index (κ1) is 22.3. The summed E-state index contributed by atoms with van der Waals surface area (Å²) in [6.07, 6.45) is -3.97. The Morgan fingerprint density at radius 2 is 1.97 bits per heavy atom. The summed E-state index contributed by atoms with van der Waals surface area (Å²) in [4.78, 5) is 19.6. The Balaban J connectivity index is 1.42. The predicted molar refractivity (Wildman–Crippen MR) is 113 cm³/mol. The van der Waals surface area contributed by atoms with Gasteiger partial charge in [-0.2, -0.15) is 13.2 Å². The number of hydrogen-bond acceptors (Lipinski definition) is 3. The van der Waals surface area contributed by atoms with Gasteiger partial charge in [0.1, 0.15) is 0 Å². The summed E-state index contributed by atoms with van der Waals surface area (Å²) in [7, 11) is 0. The highest BCUT2D eigenvalue weighted by Crippen LogP contribution is 2.40. The van der Waals surface area contributed by atoms with Gasteiger partial charge in [0.2, 0.25) is 0 Å². The minimum Gasteiger partial charge on any atom is -0.437 e. The second kappa shape index (κ2) is 8.20. The molecule has 31 heavy (non-hydrogen) atoms. The number of H-pyrrole nitrogens is 1. The maximum atomic E-state index is 12.7. The van der Waals surface area contributed by atoms with Crippen LogP contribution in [0.1, 0.15) is 43.9 Å². The first-order valence-corrected chi connectivity index (χ1v) is 11.0. The van der Waals surface area contributed by atoms with E-state index in [0.717, 1.165) is 62.3 Å². The molecule has 0 radical (unpaired) electrons. The number of rotatable bonds is 3. The number of aromatic nitrogens is 1. The maximum Gasteiger partial charge on any atom is 0.425 e.